The average Bonchev–Trinajstić information content (AvgIpc) is 3.08. The molecule has 2 heterocycles. The fourth-order valence-corrected chi connectivity index (χ4v) is 2.63. The van der Waals surface area contributed by atoms with Crippen molar-refractivity contribution in [3.8, 4) is 5.75 Å². The minimum absolute atomic E-state index is 0.0748. The number of aliphatic hydroxyl groups is 1. The molecule has 0 radical (unpaired) electrons. The first-order chi connectivity index (χ1) is 12.6. The fraction of sp³-hybridized carbons (Fsp3) is 0.125. The van der Waals surface area contributed by atoms with Crippen LogP contribution in [0.5, 0.6) is 5.75 Å². The summed E-state index contributed by atoms with van der Waals surface area (Å²) in [6.45, 7) is -0.325. The van der Waals surface area contributed by atoms with Crippen LogP contribution < -0.4 is 15.5 Å². The number of ether oxygens (including phenoxy) is 1. The van der Waals surface area contributed by atoms with E-state index >= 15 is 0 Å². The second-order valence-corrected chi connectivity index (χ2v) is 6.29. The molecule has 3 N–H and O–H groups in total. The number of aromatic nitrogens is 2. The molecule has 136 valence electrons. The van der Waals surface area contributed by atoms with Crippen LogP contribution in [0.15, 0.2) is 42.9 Å². The molecule has 2 aromatic heterocycles. The first-order valence-corrected chi connectivity index (χ1v) is 8.54. The lowest BCUT2D eigenvalue weighted by molar-refractivity contribution is 0.0246. The van der Waals surface area contributed by atoms with E-state index < -0.39 is 11.9 Å². The summed E-state index contributed by atoms with van der Waals surface area (Å²) in [6, 6.07) is 7.96. The standard InChI is InChI=1S/C16H14FIN4O4/c17-12-7-10(18)1-3-13(12)20-15-14(26-16(24)21-25-6-5-23)4-2-11-8-19-9-22(11)15/h1-4,7-9,20,23H,5-6H2,(H,21,24). The van der Waals surface area contributed by atoms with Crippen LogP contribution in [0.25, 0.3) is 5.52 Å². The number of hydrogen-bond acceptors (Lipinski definition) is 6. The molecule has 0 fully saturated rings. The average molecular weight is 472 g/mol. The van der Waals surface area contributed by atoms with E-state index in [0.717, 1.165) is 9.09 Å². The van der Waals surface area contributed by atoms with Gasteiger partial charge in [-0.15, -0.1) is 0 Å². The molecule has 8 nitrogen and oxygen atoms in total. The maximum atomic E-state index is 14.2. The van der Waals surface area contributed by atoms with Gasteiger partial charge in [-0.1, -0.05) is 0 Å². The minimum atomic E-state index is -0.885. The van der Waals surface area contributed by atoms with Gasteiger partial charge in [-0.25, -0.2) is 14.2 Å². The number of hydroxylamine groups is 1. The number of benzene rings is 1. The van der Waals surface area contributed by atoms with Crippen LogP contribution in [0, 0.1) is 9.39 Å². The summed E-state index contributed by atoms with van der Waals surface area (Å²) < 4.78 is 21.8. The number of rotatable bonds is 6. The van der Waals surface area contributed by atoms with E-state index in [1.54, 1.807) is 34.9 Å². The van der Waals surface area contributed by atoms with Crippen molar-refractivity contribution in [2.75, 3.05) is 18.5 Å². The number of nitrogens with zero attached hydrogens (tertiary/aromatic N) is 2. The van der Waals surface area contributed by atoms with Gasteiger partial charge >= 0.3 is 6.09 Å². The monoisotopic (exact) mass is 472 g/mol. The van der Waals surface area contributed by atoms with Gasteiger partial charge in [0.05, 0.1) is 30.6 Å². The highest BCUT2D eigenvalue weighted by atomic mass is 127. The van der Waals surface area contributed by atoms with E-state index in [2.05, 4.69) is 10.3 Å². The molecule has 0 aliphatic carbocycles. The summed E-state index contributed by atoms with van der Waals surface area (Å²) in [7, 11) is 0. The third-order valence-corrected chi connectivity index (χ3v) is 3.95. The van der Waals surface area contributed by atoms with Gasteiger partial charge in [0, 0.05) is 3.57 Å². The molecule has 10 heteroatoms. The number of hydrogen-bond donors (Lipinski definition) is 3. The Labute approximate surface area is 161 Å². The number of nitrogens with one attached hydrogen (secondary N) is 2. The Kier molecular flexibility index (Phi) is 5.85. The van der Waals surface area contributed by atoms with Crippen molar-refractivity contribution in [3.05, 3.63) is 52.2 Å². The third kappa shape index (κ3) is 4.20. The molecule has 1 amide bonds. The number of carbonyl (C=O) groups excluding carboxylic acids is 1. The van der Waals surface area contributed by atoms with Crippen molar-refractivity contribution in [3.63, 3.8) is 0 Å². The van der Waals surface area contributed by atoms with E-state index in [9.17, 15) is 9.18 Å². The van der Waals surface area contributed by atoms with Crippen molar-refractivity contribution >= 4 is 45.7 Å². The number of amides is 1. The Bertz CT molecular complexity index is 934. The topological polar surface area (TPSA) is 97.1 Å². The summed E-state index contributed by atoms with van der Waals surface area (Å²) in [5.74, 6) is 0.00617. The van der Waals surface area contributed by atoms with Gasteiger partial charge in [-0.05, 0) is 52.9 Å². The smallest absolute Gasteiger partial charge is 0.405 e. The molecule has 3 rings (SSSR count). The van der Waals surface area contributed by atoms with Crippen molar-refractivity contribution in [1.29, 1.82) is 0 Å². The first-order valence-electron chi connectivity index (χ1n) is 7.46. The molecule has 0 spiro atoms. The molecule has 0 bridgehead atoms. The molecule has 0 atom stereocenters. The molecule has 0 saturated carbocycles. The summed E-state index contributed by atoms with van der Waals surface area (Å²) >= 11 is 2.01. The minimum Gasteiger partial charge on any atom is -0.405 e. The predicted octanol–water partition coefficient (Wildman–Crippen LogP) is 2.83. The van der Waals surface area contributed by atoms with Crippen molar-refractivity contribution < 1.29 is 23.9 Å². The van der Waals surface area contributed by atoms with Crippen LogP contribution in [0.3, 0.4) is 0 Å². The molecule has 1 aromatic carbocycles. The molecule has 26 heavy (non-hydrogen) atoms. The van der Waals surface area contributed by atoms with Gasteiger partial charge in [0.15, 0.2) is 11.6 Å². The van der Waals surface area contributed by atoms with Crippen LogP contribution in [-0.2, 0) is 4.84 Å². The molecule has 0 aliphatic rings. The van der Waals surface area contributed by atoms with Crippen LogP contribution in [0.4, 0.5) is 20.7 Å². The van der Waals surface area contributed by atoms with Crippen LogP contribution in [0.1, 0.15) is 0 Å². The van der Waals surface area contributed by atoms with E-state index in [0.29, 0.717) is 5.82 Å². The number of imidazole rings is 1. The number of pyridine rings is 1. The number of carbonyl (C=O) groups is 1. The van der Waals surface area contributed by atoms with Crippen LogP contribution >= 0.6 is 22.6 Å². The second-order valence-electron chi connectivity index (χ2n) is 5.05. The van der Waals surface area contributed by atoms with Crippen molar-refractivity contribution in [2.24, 2.45) is 0 Å². The SMILES string of the molecule is O=C(NOCCO)Oc1ccc2cncn2c1Nc1ccc(I)cc1F. The van der Waals surface area contributed by atoms with Gasteiger partial charge in [0.1, 0.15) is 12.1 Å². The molecule has 0 aliphatic heterocycles. The highest BCUT2D eigenvalue weighted by Crippen LogP contribution is 2.30. The van der Waals surface area contributed by atoms with Gasteiger partial charge in [-0.2, -0.15) is 5.48 Å². The Morgan fingerprint density at radius 3 is 2.96 bits per heavy atom. The Morgan fingerprint density at radius 1 is 1.35 bits per heavy atom. The quantitative estimate of drug-likeness (QED) is 0.290. The first kappa shape index (κ1) is 18.4. The summed E-state index contributed by atoms with van der Waals surface area (Å²) in [6.07, 6.45) is 2.24. The van der Waals surface area contributed by atoms with Gasteiger partial charge in [-0.3, -0.25) is 9.24 Å². The predicted molar refractivity (Wildman–Crippen MR) is 99.8 cm³/mol. The molecule has 0 saturated heterocycles. The van der Waals surface area contributed by atoms with Gasteiger partial charge in [0.2, 0.25) is 0 Å². The molecule has 3 aromatic rings. The number of aliphatic hydroxyl groups excluding tert-OH is 1. The lowest BCUT2D eigenvalue weighted by atomic mass is 10.3. The summed E-state index contributed by atoms with van der Waals surface area (Å²) in [5, 5.41) is 11.6. The number of anilines is 2. The third-order valence-electron chi connectivity index (χ3n) is 3.28. The zero-order valence-corrected chi connectivity index (χ0v) is 15.4. The maximum Gasteiger partial charge on any atom is 0.436 e. The van der Waals surface area contributed by atoms with E-state index in [4.69, 9.17) is 14.7 Å². The highest BCUT2D eigenvalue weighted by molar-refractivity contribution is 14.1. The lowest BCUT2D eigenvalue weighted by Gasteiger charge is -2.15. The summed E-state index contributed by atoms with van der Waals surface area (Å²) in [4.78, 5) is 20.6. The van der Waals surface area contributed by atoms with E-state index in [1.807, 2.05) is 28.1 Å². The van der Waals surface area contributed by atoms with E-state index in [1.165, 1.54) is 12.4 Å². The van der Waals surface area contributed by atoms with Crippen molar-refractivity contribution in [1.82, 2.24) is 14.9 Å². The molecular formula is C16H14FIN4O4. The fourth-order valence-electron chi connectivity index (χ4n) is 2.17. The van der Waals surface area contributed by atoms with Crippen LogP contribution in [0.2, 0.25) is 0 Å². The Morgan fingerprint density at radius 2 is 2.19 bits per heavy atom. The zero-order chi connectivity index (χ0) is 18.5. The largest absolute Gasteiger partial charge is 0.436 e. The Hall–Kier alpha value is -2.44. The maximum absolute atomic E-state index is 14.2. The molecular weight excluding hydrogens is 458 g/mol. The second kappa shape index (κ2) is 8.29. The van der Waals surface area contributed by atoms with Crippen LogP contribution in [-0.4, -0.2) is 33.8 Å². The highest BCUT2D eigenvalue weighted by Gasteiger charge is 2.15. The van der Waals surface area contributed by atoms with Crippen molar-refractivity contribution in [2.45, 2.75) is 0 Å². The van der Waals surface area contributed by atoms with E-state index in [-0.39, 0.29) is 24.7 Å². The Balaban J connectivity index is 1.91. The number of halogens is 2. The summed E-state index contributed by atoms with van der Waals surface area (Å²) in [5.41, 5.74) is 2.98. The van der Waals surface area contributed by atoms with Gasteiger partial charge < -0.3 is 15.2 Å². The van der Waals surface area contributed by atoms with Gasteiger partial charge in [0.25, 0.3) is 0 Å². The zero-order valence-electron chi connectivity index (χ0n) is 13.3. The lowest BCUT2D eigenvalue weighted by Crippen LogP contribution is -2.28. The molecule has 0 unspecified atom stereocenters. The normalized spacial score (nSPS) is 10.7. The number of fused-ring (bicyclic) bond motifs is 1.